The molecule has 1 atom stereocenters. The van der Waals surface area contributed by atoms with Gasteiger partial charge in [0.2, 0.25) is 0 Å². The molecule has 0 unspecified atom stereocenters. The zero-order chi connectivity index (χ0) is 12.0. The minimum absolute atomic E-state index is 0.0201. The molecule has 0 heterocycles. The minimum Gasteiger partial charge on any atom is -0.480 e. The maximum Gasteiger partial charge on any atom is 0.323 e. The highest BCUT2D eigenvalue weighted by molar-refractivity contribution is 5.73. The monoisotopic (exact) mass is 223 g/mol. The SMILES string of the molecule is CC(C)[C@H](NOCc1ccccc1)C(=O)O. The molecule has 0 aliphatic carbocycles. The first-order chi connectivity index (χ1) is 7.61. The summed E-state index contributed by atoms with van der Waals surface area (Å²) in [6.07, 6.45) is 0. The van der Waals surface area contributed by atoms with Gasteiger partial charge in [0.1, 0.15) is 6.04 Å². The van der Waals surface area contributed by atoms with Gasteiger partial charge in [-0.2, -0.15) is 5.48 Å². The molecule has 4 nitrogen and oxygen atoms in total. The van der Waals surface area contributed by atoms with Crippen molar-refractivity contribution in [3.63, 3.8) is 0 Å². The van der Waals surface area contributed by atoms with Crippen molar-refractivity contribution in [1.29, 1.82) is 0 Å². The molecule has 88 valence electrons. The minimum atomic E-state index is -0.900. The average molecular weight is 223 g/mol. The van der Waals surface area contributed by atoms with Crippen molar-refractivity contribution in [2.45, 2.75) is 26.5 Å². The van der Waals surface area contributed by atoms with Crippen molar-refractivity contribution in [2.75, 3.05) is 0 Å². The Morgan fingerprint density at radius 1 is 1.38 bits per heavy atom. The number of carboxylic acid groups (broad SMARTS) is 1. The fraction of sp³-hybridized carbons (Fsp3) is 0.417. The lowest BCUT2D eigenvalue weighted by molar-refractivity contribution is -0.146. The van der Waals surface area contributed by atoms with Gasteiger partial charge in [-0.1, -0.05) is 44.2 Å². The third kappa shape index (κ3) is 4.00. The van der Waals surface area contributed by atoms with Crippen LogP contribution < -0.4 is 5.48 Å². The number of hydrogen-bond acceptors (Lipinski definition) is 3. The van der Waals surface area contributed by atoms with E-state index in [1.807, 2.05) is 44.2 Å². The summed E-state index contributed by atoms with van der Waals surface area (Å²) in [5.74, 6) is -0.920. The molecule has 0 aliphatic rings. The quantitative estimate of drug-likeness (QED) is 0.722. The van der Waals surface area contributed by atoms with Gasteiger partial charge in [-0.3, -0.25) is 9.63 Å². The third-order valence-corrected chi connectivity index (χ3v) is 2.22. The Kier molecular flexibility index (Phi) is 4.95. The number of nitrogens with one attached hydrogen (secondary N) is 1. The van der Waals surface area contributed by atoms with Crippen LogP contribution in [0.25, 0.3) is 0 Å². The van der Waals surface area contributed by atoms with Crippen LogP contribution in [0.5, 0.6) is 0 Å². The summed E-state index contributed by atoms with van der Waals surface area (Å²) in [5.41, 5.74) is 3.57. The second kappa shape index (κ2) is 6.25. The van der Waals surface area contributed by atoms with E-state index in [1.165, 1.54) is 0 Å². The first-order valence-corrected chi connectivity index (χ1v) is 5.25. The summed E-state index contributed by atoms with van der Waals surface area (Å²) < 4.78 is 0. The van der Waals surface area contributed by atoms with Crippen molar-refractivity contribution < 1.29 is 14.7 Å². The van der Waals surface area contributed by atoms with E-state index in [2.05, 4.69) is 5.48 Å². The third-order valence-electron chi connectivity index (χ3n) is 2.22. The molecule has 0 aromatic heterocycles. The number of aliphatic carboxylic acids is 1. The van der Waals surface area contributed by atoms with E-state index in [9.17, 15) is 4.79 Å². The van der Waals surface area contributed by atoms with E-state index >= 15 is 0 Å². The largest absolute Gasteiger partial charge is 0.480 e. The molecule has 0 spiro atoms. The van der Waals surface area contributed by atoms with E-state index in [4.69, 9.17) is 9.94 Å². The number of carbonyl (C=O) groups is 1. The second-order valence-electron chi connectivity index (χ2n) is 3.95. The van der Waals surface area contributed by atoms with E-state index < -0.39 is 12.0 Å². The summed E-state index contributed by atoms with van der Waals surface area (Å²) in [4.78, 5) is 16.0. The molecule has 0 bridgehead atoms. The van der Waals surface area contributed by atoms with Gasteiger partial charge in [-0.15, -0.1) is 0 Å². The Bertz CT molecular complexity index is 324. The number of benzene rings is 1. The molecule has 16 heavy (non-hydrogen) atoms. The predicted molar refractivity (Wildman–Crippen MR) is 60.6 cm³/mol. The van der Waals surface area contributed by atoms with Gasteiger partial charge in [0.25, 0.3) is 0 Å². The second-order valence-corrected chi connectivity index (χ2v) is 3.95. The molecule has 1 aromatic rings. The highest BCUT2D eigenvalue weighted by Crippen LogP contribution is 2.04. The zero-order valence-corrected chi connectivity index (χ0v) is 9.51. The van der Waals surface area contributed by atoms with Crippen LogP contribution in [-0.4, -0.2) is 17.1 Å². The molecule has 0 amide bonds. The van der Waals surface area contributed by atoms with Crippen molar-refractivity contribution in [1.82, 2.24) is 5.48 Å². The Balaban J connectivity index is 2.37. The van der Waals surface area contributed by atoms with Gasteiger partial charge >= 0.3 is 5.97 Å². The highest BCUT2D eigenvalue weighted by atomic mass is 16.6. The standard InChI is InChI=1S/C12H17NO3/c1-9(2)11(12(14)15)13-16-8-10-6-4-3-5-7-10/h3-7,9,11,13H,8H2,1-2H3,(H,14,15)/t11-/m0/s1. The molecular weight excluding hydrogens is 206 g/mol. The van der Waals surface area contributed by atoms with Crippen molar-refractivity contribution >= 4 is 5.97 Å². The van der Waals surface area contributed by atoms with Crippen LogP contribution in [0.15, 0.2) is 30.3 Å². The smallest absolute Gasteiger partial charge is 0.323 e. The van der Waals surface area contributed by atoms with Gasteiger partial charge in [0, 0.05) is 0 Å². The Hall–Kier alpha value is -1.39. The van der Waals surface area contributed by atoms with Crippen LogP contribution in [0.2, 0.25) is 0 Å². The first kappa shape index (κ1) is 12.7. The molecule has 0 fully saturated rings. The lowest BCUT2D eigenvalue weighted by atomic mass is 10.1. The molecule has 1 rings (SSSR count). The molecule has 0 saturated heterocycles. The van der Waals surface area contributed by atoms with Crippen LogP contribution in [-0.2, 0) is 16.2 Å². The molecule has 0 saturated carbocycles. The van der Waals surface area contributed by atoms with Gasteiger partial charge in [-0.05, 0) is 11.5 Å². The Morgan fingerprint density at radius 3 is 2.50 bits per heavy atom. The number of hydroxylamine groups is 1. The van der Waals surface area contributed by atoms with Crippen LogP contribution in [0.3, 0.4) is 0 Å². The predicted octanol–water partition coefficient (Wildman–Crippen LogP) is 1.82. The summed E-state index contributed by atoms with van der Waals surface area (Å²) in [6.45, 7) is 4.02. The van der Waals surface area contributed by atoms with Crippen molar-refractivity contribution in [3.8, 4) is 0 Å². The number of carboxylic acids is 1. The van der Waals surface area contributed by atoms with Gasteiger partial charge in [0.05, 0.1) is 6.61 Å². The van der Waals surface area contributed by atoms with E-state index in [-0.39, 0.29) is 5.92 Å². The van der Waals surface area contributed by atoms with E-state index in [0.717, 1.165) is 5.56 Å². The summed E-state index contributed by atoms with van der Waals surface area (Å²) in [6, 6.07) is 8.92. The van der Waals surface area contributed by atoms with Crippen LogP contribution in [0.1, 0.15) is 19.4 Å². The topological polar surface area (TPSA) is 58.6 Å². The van der Waals surface area contributed by atoms with Crippen molar-refractivity contribution in [3.05, 3.63) is 35.9 Å². The average Bonchev–Trinajstić information content (AvgIpc) is 2.24. The lowest BCUT2D eigenvalue weighted by Gasteiger charge is -2.17. The Morgan fingerprint density at radius 2 is 2.00 bits per heavy atom. The molecule has 4 heteroatoms. The maximum absolute atomic E-state index is 10.8. The zero-order valence-electron chi connectivity index (χ0n) is 9.51. The van der Waals surface area contributed by atoms with Gasteiger partial charge in [-0.25, -0.2) is 0 Å². The van der Waals surface area contributed by atoms with Crippen LogP contribution in [0, 0.1) is 5.92 Å². The van der Waals surface area contributed by atoms with E-state index in [1.54, 1.807) is 0 Å². The maximum atomic E-state index is 10.8. The van der Waals surface area contributed by atoms with E-state index in [0.29, 0.717) is 6.61 Å². The van der Waals surface area contributed by atoms with Gasteiger partial charge < -0.3 is 5.11 Å². The molecule has 0 radical (unpaired) electrons. The number of rotatable bonds is 6. The fourth-order valence-corrected chi connectivity index (χ4v) is 1.26. The molecule has 2 N–H and O–H groups in total. The normalized spacial score (nSPS) is 12.7. The first-order valence-electron chi connectivity index (χ1n) is 5.25. The summed E-state index contributed by atoms with van der Waals surface area (Å²) in [5, 5.41) is 8.90. The summed E-state index contributed by atoms with van der Waals surface area (Å²) in [7, 11) is 0. The fourth-order valence-electron chi connectivity index (χ4n) is 1.26. The summed E-state index contributed by atoms with van der Waals surface area (Å²) >= 11 is 0. The van der Waals surface area contributed by atoms with Crippen molar-refractivity contribution in [2.24, 2.45) is 5.92 Å². The van der Waals surface area contributed by atoms with Crippen LogP contribution in [0.4, 0.5) is 0 Å². The number of hydrogen-bond donors (Lipinski definition) is 2. The Labute approximate surface area is 95.2 Å². The highest BCUT2D eigenvalue weighted by Gasteiger charge is 2.20. The van der Waals surface area contributed by atoms with Gasteiger partial charge in [0.15, 0.2) is 0 Å². The van der Waals surface area contributed by atoms with Crippen LogP contribution >= 0.6 is 0 Å². The lowest BCUT2D eigenvalue weighted by Crippen LogP contribution is -2.40. The molecular formula is C12H17NO3. The molecule has 1 aromatic carbocycles. The molecule has 0 aliphatic heterocycles.